The minimum Gasteiger partial charge on any atom is -0.257 e. The van der Waals surface area contributed by atoms with Gasteiger partial charge in [0.05, 0.1) is 5.44 Å². The quantitative estimate of drug-likeness (QED) is 0.626. The summed E-state index contributed by atoms with van der Waals surface area (Å²) in [4.78, 5) is 3.97. The molecule has 1 unspecified atom stereocenters. The van der Waals surface area contributed by atoms with Crippen LogP contribution in [-0.2, 0) is 0 Å². The fourth-order valence-electron chi connectivity index (χ4n) is 0.421. The second-order valence-corrected chi connectivity index (χ2v) is 3.97. The van der Waals surface area contributed by atoms with Crippen molar-refractivity contribution >= 4 is 30.6 Å². The van der Waals surface area contributed by atoms with E-state index in [0.29, 0.717) is 0 Å². The van der Waals surface area contributed by atoms with Crippen LogP contribution in [0.15, 0.2) is 22.8 Å². The van der Waals surface area contributed by atoms with Crippen LogP contribution in [0.3, 0.4) is 0 Å². The monoisotopic (exact) mass is 231 g/mol. The van der Waals surface area contributed by atoms with E-state index in [0.717, 1.165) is 9.91 Å². The molecular weight excluding hydrogens is 221 g/mol. The second-order valence-electron chi connectivity index (χ2n) is 2.46. The van der Waals surface area contributed by atoms with E-state index in [9.17, 15) is 0 Å². The van der Waals surface area contributed by atoms with Crippen LogP contribution in [0.4, 0.5) is 0 Å². The first-order valence-electron chi connectivity index (χ1n) is 3.66. The van der Waals surface area contributed by atoms with Gasteiger partial charge in [0.15, 0.2) is 0 Å². The Kier molecular flexibility index (Phi) is 4.03. The summed E-state index contributed by atoms with van der Waals surface area (Å²) in [7, 11) is 2.52. The molecule has 0 saturated heterocycles. The molecule has 11 heavy (non-hydrogen) atoms. The average molecular weight is 232 g/mol. The molecule has 1 atom stereocenters. The first kappa shape index (κ1) is 9.15. The van der Waals surface area contributed by atoms with E-state index in [-0.39, 0.29) is 0 Å². The lowest BCUT2D eigenvalue weighted by molar-refractivity contribution is 1.38. The molecule has 0 amide bonds. The minimum atomic E-state index is 0.958. The molecule has 2 rings (SSSR count). The summed E-state index contributed by atoms with van der Waals surface area (Å²) in [5, 5.41) is 0. The molecule has 1 aliphatic rings. The Morgan fingerprint density at radius 3 is 2.27 bits per heavy atom. The van der Waals surface area contributed by atoms with E-state index in [1.807, 2.05) is 12.1 Å². The van der Waals surface area contributed by atoms with Crippen molar-refractivity contribution in [1.29, 1.82) is 0 Å². The Labute approximate surface area is 77.9 Å². The molecule has 0 N–H and O–H groups in total. The largest absolute Gasteiger partial charge is 0.257 e. The molecule has 0 aliphatic heterocycles. The number of hydrogen-bond donors (Lipinski definition) is 0. The molecule has 1 aromatic rings. The van der Waals surface area contributed by atoms with Gasteiger partial charge in [0.1, 0.15) is 0 Å². The van der Waals surface area contributed by atoms with Crippen LogP contribution < -0.4 is 5.44 Å². The topological polar surface area (TPSA) is 12.9 Å². The Morgan fingerprint density at radius 2 is 2.00 bits per heavy atom. The molecule has 0 spiro atoms. The van der Waals surface area contributed by atoms with Crippen molar-refractivity contribution in [2.24, 2.45) is 0 Å². The van der Waals surface area contributed by atoms with Crippen LogP contribution >= 0.6 is 25.2 Å². The van der Waals surface area contributed by atoms with Crippen LogP contribution in [0.1, 0.15) is 19.3 Å². The first-order valence-corrected chi connectivity index (χ1v) is 5.03. The van der Waals surface area contributed by atoms with Crippen molar-refractivity contribution < 1.29 is 0 Å². The van der Waals surface area contributed by atoms with Crippen LogP contribution in [-0.4, -0.2) is 4.98 Å². The van der Waals surface area contributed by atoms with E-state index in [1.54, 1.807) is 6.20 Å². The summed E-state index contributed by atoms with van der Waals surface area (Å²) in [5.41, 5.74) is 0.958. The average Bonchev–Trinajstić information content (AvgIpc) is 2.69. The predicted molar refractivity (Wildman–Crippen MR) is 55.1 cm³/mol. The maximum Gasteiger partial charge on any atom is 0.0580 e. The molecule has 1 heterocycles. The van der Waals surface area contributed by atoms with Crippen molar-refractivity contribution in [3.8, 4) is 0 Å². The zero-order valence-corrected chi connectivity index (χ0v) is 9.00. The Balaban J connectivity index is 0.000000167. The highest BCUT2D eigenvalue weighted by molar-refractivity contribution is 9.10. The normalized spacial score (nSPS) is 13.3. The minimum absolute atomic E-state index is 0.958. The molecule has 0 radical (unpaired) electrons. The molecule has 0 bridgehead atoms. The van der Waals surface area contributed by atoms with Gasteiger partial charge in [-0.3, -0.25) is 4.98 Å². The van der Waals surface area contributed by atoms with Gasteiger partial charge in [0, 0.05) is 10.7 Å². The third-order valence-electron chi connectivity index (χ3n) is 1.10. The molecule has 60 valence electrons. The molecule has 1 saturated carbocycles. The Hall–Kier alpha value is 0.0600. The number of hydrogen-bond acceptors (Lipinski definition) is 1. The maximum absolute atomic E-state index is 3.97. The van der Waals surface area contributed by atoms with Crippen molar-refractivity contribution in [3.05, 3.63) is 22.8 Å². The van der Waals surface area contributed by atoms with E-state index < -0.39 is 0 Å². The number of nitrogens with zero attached hydrogens (tertiary/aromatic N) is 1. The Bertz CT molecular complexity index is 205. The van der Waals surface area contributed by atoms with Gasteiger partial charge in [-0.1, -0.05) is 44.4 Å². The van der Waals surface area contributed by atoms with E-state index in [1.165, 1.54) is 19.3 Å². The van der Waals surface area contributed by atoms with Crippen molar-refractivity contribution in [3.63, 3.8) is 0 Å². The highest BCUT2D eigenvalue weighted by Gasteiger charge is 1.95. The van der Waals surface area contributed by atoms with Crippen LogP contribution in [0.2, 0.25) is 0 Å². The summed E-state index contributed by atoms with van der Waals surface area (Å²) < 4.78 is 1.07. The molecule has 1 aromatic heterocycles. The first-order chi connectivity index (χ1) is 5.29. The van der Waals surface area contributed by atoms with Gasteiger partial charge in [-0.15, -0.1) is 0 Å². The lowest BCUT2D eigenvalue weighted by Gasteiger charge is -1.88. The SMILES string of the molecule is C1CC1.Pc1cc(Br)ccn1. The zero-order valence-electron chi connectivity index (χ0n) is 6.26. The van der Waals surface area contributed by atoms with Gasteiger partial charge in [-0.25, -0.2) is 0 Å². The van der Waals surface area contributed by atoms with Crippen molar-refractivity contribution in [2.75, 3.05) is 0 Å². The molecular formula is C8H11BrNP. The fourth-order valence-corrected chi connectivity index (χ4v) is 1.28. The van der Waals surface area contributed by atoms with Gasteiger partial charge in [0.2, 0.25) is 0 Å². The zero-order chi connectivity index (χ0) is 8.10. The van der Waals surface area contributed by atoms with E-state index in [2.05, 4.69) is 30.2 Å². The van der Waals surface area contributed by atoms with Crippen LogP contribution in [0, 0.1) is 0 Å². The molecule has 1 nitrogen and oxygen atoms in total. The van der Waals surface area contributed by atoms with Gasteiger partial charge in [-0.05, 0) is 12.1 Å². The summed E-state index contributed by atoms with van der Waals surface area (Å²) in [5.74, 6) is 0. The lowest BCUT2D eigenvalue weighted by Crippen LogP contribution is -1.93. The second kappa shape index (κ2) is 4.84. The number of halogens is 1. The van der Waals surface area contributed by atoms with Crippen LogP contribution in [0.5, 0.6) is 0 Å². The summed E-state index contributed by atoms with van der Waals surface area (Å²) >= 11 is 3.31. The van der Waals surface area contributed by atoms with Gasteiger partial charge >= 0.3 is 0 Å². The van der Waals surface area contributed by atoms with Crippen LogP contribution in [0.25, 0.3) is 0 Å². The lowest BCUT2D eigenvalue weighted by atomic mass is 10.5. The van der Waals surface area contributed by atoms with Crippen molar-refractivity contribution in [1.82, 2.24) is 4.98 Å². The maximum atomic E-state index is 3.97. The van der Waals surface area contributed by atoms with Gasteiger partial charge < -0.3 is 0 Å². The predicted octanol–water partition coefficient (Wildman–Crippen LogP) is 2.51. The molecule has 1 aliphatic carbocycles. The van der Waals surface area contributed by atoms with Crippen molar-refractivity contribution in [2.45, 2.75) is 19.3 Å². The summed E-state index contributed by atoms with van der Waals surface area (Å²) in [6.45, 7) is 0. The van der Waals surface area contributed by atoms with E-state index in [4.69, 9.17) is 0 Å². The number of aromatic nitrogens is 1. The van der Waals surface area contributed by atoms with Gasteiger partial charge in [-0.2, -0.15) is 0 Å². The third kappa shape index (κ3) is 5.34. The smallest absolute Gasteiger partial charge is 0.0580 e. The Morgan fingerprint density at radius 1 is 1.36 bits per heavy atom. The molecule has 3 heteroatoms. The van der Waals surface area contributed by atoms with Gasteiger partial charge in [0.25, 0.3) is 0 Å². The number of rotatable bonds is 0. The third-order valence-corrected chi connectivity index (χ3v) is 1.91. The molecule has 0 aromatic carbocycles. The standard InChI is InChI=1S/C5H5BrNP.C3H6/c6-4-1-2-7-5(8)3-4;1-2-3-1/h1-3H,8H2;1-3H2. The summed E-state index contributed by atoms with van der Waals surface area (Å²) in [6.07, 6.45) is 6.26. The number of pyridine rings is 1. The van der Waals surface area contributed by atoms with E-state index >= 15 is 0 Å². The highest BCUT2D eigenvalue weighted by Crippen LogP contribution is 2.14. The summed E-state index contributed by atoms with van der Waals surface area (Å²) in [6, 6.07) is 3.83. The molecule has 1 fully saturated rings. The fraction of sp³-hybridized carbons (Fsp3) is 0.375. The highest BCUT2D eigenvalue weighted by atomic mass is 79.9.